The summed E-state index contributed by atoms with van der Waals surface area (Å²) in [6.07, 6.45) is 0.918. The number of hydrogen-bond donors (Lipinski definition) is 1. The number of rotatable bonds is 4. The zero-order chi connectivity index (χ0) is 17.3. The zero-order valence-electron chi connectivity index (χ0n) is 14.2. The van der Waals surface area contributed by atoms with E-state index in [4.69, 9.17) is 4.74 Å². The van der Waals surface area contributed by atoms with Crippen molar-refractivity contribution in [3.05, 3.63) is 47.5 Å². The van der Waals surface area contributed by atoms with Gasteiger partial charge in [-0.3, -0.25) is 4.72 Å². The third-order valence-corrected chi connectivity index (χ3v) is 5.78. The van der Waals surface area contributed by atoms with Crippen molar-refractivity contribution in [3.63, 3.8) is 0 Å². The van der Waals surface area contributed by atoms with Gasteiger partial charge in [0.2, 0.25) is 0 Å². The van der Waals surface area contributed by atoms with Crippen LogP contribution < -0.4 is 14.4 Å². The van der Waals surface area contributed by atoms with E-state index in [1.165, 1.54) is 5.56 Å². The number of benzene rings is 2. The maximum absolute atomic E-state index is 12.8. The lowest BCUT2D eigenvalue weighted by molar-refractivity contribution is 0.310. The van der Waals surface area contributed by atoms with E-state index in [1.807, 2.05) is 25.2 Å². The van der Waals surface area contributed by atoms with E-state index >= 15 is 0 Å². The molecule has 0 aliphatic carbocycles. The molecule has 1 aliphatic heterocycles. The summed E-state index contributed by atoms with van der Waals surface area (Å²) in [5.74, 6) is 0.607. The highest BCUT2D eigenvalue weighted by atomic mass is 32.2. The van der Waals surface area contributed by atoms with E-state index in [2.05, 4.69) is 16.5 Å². The molecule has 24 heavy (non-hydrogen) atoms. The quantitative estimate of drug-likeness (QED) is 0.924. The molecule has 0 atom stereocenters. The Bertz CT molecular complexity index is 845. The van der Waals surface area contributed by atoms with Gasteiger partial charge in [0.25, 0.3) is 10.0 Å². The first-order valence-electron chi connectivity index (χ1n) is 8.01. The van der Waals surface area contributed by atoms with Crippen LogP contribution in [0.4, 0.5) is 11.4 Å². The Morgan fingerprint density at radius 3 is 2.58 bits per heavy atom. The van der Waals surface area contributed by atoms with Crippen LogP contribution in [0.5, 0.6) is 5.75 Å². The molecule has 128 valence electrons. The van der Waals surface area contributed by atoms with Crippen LogP contribution in [0.2, 0.25) is 0 Å². The van der Waals surface area contributed by atoms with Crippen LogP contribution in [0.3, 0.4) is 0 Å². The molecule has 0 saturated carbocycles. The van der Waals surface area contributed by atoms with Gasteiger partial charge in [-0.25, -0.2) is 8.42 Å². The second-order valence-corrected chi connectivity index (χ2v) is 7.66. The molecule has 0 bridgehead atoms. The molecule has 1 aliphatic rings. The molecule has 1 heterocycles. The van der Waals surface area contributed by atoms with Crippen LogP contribution in [0.1, 0.15) is 18.1 Å². The van der Waals surface area contributed by atoms with Crippen molar-refractivity contribution < 1.29 is 13.2 Å². The van der Waals surface area contributed by atoms with Gasteiger partial charge in [-0.2, -0.15) is 0 Å². The largest absolute Gasteiger partial charge is 0.490 e. The second kappa shape index (κ2) is 6.36. The summed E-state index contributed by atoms with van der Waals surface area (Å²) in [4.78, 5) is 2.31. The molecule has 3 rings (SSSR count). The number of fused-ring (bicyclic) bond motifs is 1. The van der Waals surface area contributed by atoms with Gasteiger partial charge >= 0.3 is 0 Å². The summed E-state index contributed by atoms with van der Waals surface area (Å²) >= 11 is 0. The first kappa shape index (κ1) is 16.6. The van der Waals surface area contributed by atoms with Crippen molar-refractivity contribution in [1.82, 2.24) is 0 Å². The Morgan fingerprint density at radius 2 is 1.92 bits per heavy atom. The van der Waals surface area contributed by atoms with E-state index in [1.54, 1.807) is 25.1 Å². The Balaban J connectivity index is 1.94. The van der Waals surface area contributed by atoms with Crippen LogP contribution >= 0.6 is 0 Å². The average molecular weight is 346 g/mol. The predicted octanol–water partition coefficient (Wildman–Crippen LogP) is 3.19. The van der Waals surface area contributed by atoms with Crippen molar-refractivity contribution in [2.45, 2.75) is 25.2 Å². The lowest BCUT2D eigenvalue weighted by atomic mass is 10.1. The molecule has 0 unspecified atom stereocenters. The highest BCUT2D eigenvalue weighted by Crippen LogP contribution is 2.35. The lowest BCUT2D eigenvalue weighted by Gasteiger charge is -2.28. The molecule has 6 heteroatoms. The maximum atomic E-state index is 12.8. The standard InChI is InChI=1S/C18H22N2O3S/c1-4-14-5-7-15(8-6-14)19-24(21,22)18-12-17-16(11-13(18)2)20(3)9-10-23-17/h5-8,11-12,19H,4,9-10H2,1-3H3. The first-order chi connectivity index (χ1) is 11.4. The van der Waals surface area contributed by atoms with Gasteiger partial charge in [0.1, 0.15) is 12.4 Å². The number of ether oxygens (including phenoxy) is 1. The summed E-state index contributed by atoms with van der Waals surface area (Å²) in [6, 6.07) is 10.9. The molecule has 0 fully saturated rings. The van der Waals surface area contributed by atoms with Crippen LogP contribution in [0.15, 0.2) is 41.3 Å². The number of likely N-dealkylation sites (N-methyl/N-ethyl adjacent to an activating group) is 1. The molecule has 2 aromatic rings. The smallest absolute Gasteiger partial charge is 0.262 e. The van der Waals surface area contributed by atoms with E-state index in [0.29, 0.717) is 23.6 Å². The second-order valence-electron chi connectivity index (χ2n) is 6.01. The predicted molar refractivity (Wildman–Crippen MR) is 96.6 cm³/mol. The fraction of sp³-hybridized carbons (Fsp3) is 0.333. The minimum Gasteiger partial charge on any atom is -0.490 e. The van der Waals surface area contributed by atoms with Gasteiger partial charge in [-0.05, 0) is 42.7 Å². The van der Waals surface area contributed by atoms with Gasteiger partial charge in [-0.15, -0.1) is 0 Å². The minimum absolute atomic E-state index is 0.246. The molecule has 0 spiro atoms. The lowest BCUT2D eigenvalue weighted by Crippen LogP contribution is -2.29. The minimum atomic E-state index is -3.66. The van der Waals surface area contributed by atoms with Gasteiger partial charge in [0, 0.05) is 18.8 Å². The third-order valence-electron chi connectivity index (χ3n) is 4.26. The summed E-state index contributed by atoms with van der Waals surface area (Å²) < 4.78 is 33.8. The molecule has 0 aromatic heterocycles. The Labute approximate surface area is 143 Å². The number of anilines is 2. The number of aryl methyl sites for hydroxylation is 2. The molecule has 2 aromatic carbocycles. The first-order valence-corrected chi connectivity index (χ1v) is 9.49. The summed E-state index contributed by atoms with van der Waals surface area (Å²) in [5, 5.41) is 0. The summed E-state index contributed by atoms with van der Waals surface area (Å²) in [7, 11) is -1.69. The van der Waals surface area contributed by atoms with Crippen LogP contribution in [0, 0.1) is 6.92 Å². The van der Waals surface area contributed by atoms with E-state index in [-0.39, 0.29) is 4.90 Å². The number of hydrogen-bond acceptors (Lipinski definition) is 4. The van der Waals surface area contributed by atoms with E-state index < -0.39 is 10.0 Å². The molecule has 0 amide bonds. The fourth-order valence-electron chi connectivity index (χ4n) is 2.79. The van der Waals surface area contributed by atoms with Gasteiger partial charge < -0.3 is 9.64 Å². The maximum Gasteiger partial charge on any atom is 0.262 e. The third kappa shape index (κ3) is 3.19. The fourth-order valence-corrected chi connectivity index (χ4v) is 4.09. The highest BCUT2D eigenvalue weighted by Gasteiger charge is 2.23. The average Bonchev–Trinajstić information content (AvgIpc) is 2.55. The summed E-state index contributed by atoms with van der Waals surface area (Å²) in [5.41, 5.74) is 3.34. The van der Waals surface area contributed by atoms with Crippen molar-refractivity contribution in [1.29, 1.82) is 0 Å². The van der Waals surface area contributed by atoms with Crippen LogP contribution in [-0.4, -0.2) is 28.6 Å². The molecule has 0 saturated heterocycles. The monoisotopic (exact) mass is 346 g/mol. The SMILES string of the molecule is CCc1ccc(NS(=O)(=O)c2cc3c(cc2C)N(C)CCO3)cc1. The molecular weight excluding hydrogens is 324 g/mol. The van der Waals surface area contributed by atoms with E-state index in [9.17, 15) is 8.42 Å². The van der Waals surface area contributed by atoms with Gasteiger partial charge in [-0.1, -0.05) is 19.1 Å². The van der Waals surface area contributed by atoms with Crippen molar-refractivity contribution in [2.75, 3.05) is 29.8 Å². The molecular formula is C18H22N2O3S. The number of nitrogens with one attached hydrogen (secondary N) is 1. The zero-order valence-corrected chi connectivity index (χ0v) is 15.0. The summed E-state index contributed by atoms with van der Waals surface area (Å²) in [6.45, 7) is 5.21. The van der Waals surface area contributed by atoms with Crippen LogP contribution in [0.25, 0.3) is 0 Å². The van der Waals surface area contributed by atoms with Crippen LogP contribution in [-0.2, 0) is 16.4 Å². The molecule has 0 radical (unpaired) electrons. The number of sulfonamides is 1. The molecule has 1 N–H and O–H groups in total. The van der Waals surface area contributed by atoms with Crippen molar-refractivity contribution in [2.24, 2.45) is 0 Å². The van der Waals surface area contributed by atoms with Gasteiger partial charge in [0.05, 0.1) is 17.1 Å². The Morgan fingerprint density at radius 1 is 1.21 bits per heavy atom. The Hall–Kier alpha value is -2.21. The number of nitrogens with zero attached hydrogens (tertiary/aromatic N) is 1. The van der Waals surface area contributed by atoms with E-state index in [0.717, 1.165) is 18.7 Å². The van der Waals surface area contributed by atoms with Crippen molar-refractivity contribution >= 4 is 21.4 Å². The Kier molecular flexibility index (Phi) is 4.41. The molecule has 5 nitrogen and oxygen atoms in total. The van der Waals surface area contributed by atoms with Gasteiger partial charge in [0.15, 0.2) is 0 Å². The normalized spacial score (nSPS) is 14.0. The van der Waals surface area contributed by atoms with Crippen molar-refractivity contribution in [3.8, 4) is 5.75 Å². The topological polar surface area (TPSA) is 58.6 Å². The highest BCUT2D eigenvalue weighted by molar-refractivity contribution is 7.92.